The first-order valence-corrected chi connectivity index (χ1v) is 10.0. The first-order chi connectivity index (χ1) is 13.2. The van der Waals surface area contributed by atoms with Crippen molar-refractivity contribution in [2.75, 3.05) is 5.75 Å². The van der Waals surface area contributed by atoms with Gasteiger partial charge in [-0.1, -0.05) is 41.6 Å². The average molecular weight is 402 g/mol. The summed E-state index contributed by atoms with van der Waals surface area (Å²) in [5.74, 6) is 1.42. The van der Waals surface area contributed by atoms with Gasteiger partial charge in [0.15, 0.2) is 11.0 Å². The van der Waals surface area contributed by atoms with Crippen LogP contribution in [0.1, 0.15) is 18.9 Å². The van der Waals surface area contributed by atoms with E-state index in [2.05, 4.69) is 27.4 Å². The highest BCUT2D eigenvalue weighted by molar-refractivity contribution is 7.99. The van der Waals surface area contributed by atoms with Crippen LogP contribution in [-0.2, 0) is 17.9 Å². The Morgan fingerprint density at radius 3 is 2.70 bits per heavy atom. The normalized spacial score (nSPS) is 10.7. The molecule has 1 aromatic carbocycles. The van der Waals surface area contributed by atoms with E-state index in [0.717, 1.165) is 28.7 Å². The van der Waals surface area contributed by atoms with Crippen molar-refractivity contribution in [3.63, 3.8) is 0 Å². The molecule has 2 heterocycles. The average Bonchev–Trinajstić information content (AvgIpc) is 3.11. The molecule has 0 aliphatic rings. The summed E-state index contributed by atoms with van der Waals surface area (Å²) in [5.41, 5.74) is 1.89. The second-order valence-corrected chi connectivity index (χ2v) is 7.22. The molecule has 0 saturated heterocycles. The van der Waals surface area contributed by atoms with Crippen LogP contribution in [0.3, 0.4) is 0 Å². The van der Waals surface area contributed by atoms with E-state index < -0.39 is 0 Å². The number of thioether (sulfide) groups is 1. The molecule has 140 valence electrons. The van der Waals surface area contributed by atoms with Gasteiger partial charge in [0.25, 0.3) is 0 Å². The van der Waals surface area contributed by atoms with Crippen LogP contribution < -0.4 is 5.32 Å². The highest BCUT2D eigenvalue weighted by Crippen LogP contribution is 2.24. The zero-order valence-electron chi connectivity index (χ0n) is 14.9. The summed E-state index contributed by atoms with van der Waals surface area (Å²) < 4.78 is 2.04. The van der Waals surface area contributed by atoms with E-state index in [4.69, 9.17) is 11.6 Å². The van der Waals surface area contributed by atoms with E-state index in [1.54, 1.807) is 12.4 Å². The first kappa shape index (κ1) is 19.4. The summed E-state index contributed by atoms with van der Waals surface area (Å²) in [7, 11) is 0. The lowest BCUT2D eigenvalue weighted by molar-refractivity contribution is -0.120. The number of carbonyl (C=O) groups is 1. The van der Waals surface area contributed by atoms with Crippen LogP contribution in [0.25, 0.3) is 11.4 Å². The summed E-state index contributed by atoms with van der Waals surface area (Å²) in [6, 6.07) is 11.3. The molecule has 3 aromatic rings. The Labute approximate surface area is 167 Å². The SMILES string of the molecule is CCn1c(SCCC(=O)NCc2ccccc2Cl)nnc1-c1ccncc1. The van der Waals surface area contributed by atoms with Crippen molar-refractivity contribution in [1.29, 1.82) is 0 Å². The van der Waals surface area contributed by atoms with E-state index >= 15 is 0 Å². The van der Waals surface area contributed by atoms with Crippen molar-refractivity contribution >= 4 is 29.3 Å². The number of rotatable bonds is 8. The Morgan fingerprint density at radius 1 is 1.19 bits per heavy atom. The quantitative estimate of drug-likeness (QED) is 0.581. The van der Waals surface area contributed by atoms with Crippen molar-refractivity contribution in [3.8, 4) is 11.4 Å². The molecule has 0 bridgehead atoms. The first-order valence-electron chi connectivity index (χ1n) is 8.65. The lowest BCUT2D eigenvalue weighted by atomic mass is 10.2. The number of carbonyl (C=O) groups excluding carboxylic acids is 1. The topological polar surface area (TPSA) is 72.7 Å². The lowest BCUT2D eigenvalue weighted by Gasteiger charge is -2.08. The number of nitrogens with one attached hydrogen (secondary N) is 1. The molecular weight excluding hydrogens is 382 g/mol. The molecular formula is C19H20ClN5OS. The molecule has 0 unspecified atom stereocenters. The molecule has 0 aliphatic heterocycles. The van der Waals surface area contributed by atoms with Gasteiger partial charge in [0, 0.05) is 48.2 Å². The molecule has 0 fully saturated rings. The Balaban J connectivity index is 1.52. The number of hydrogen-bond donors (Lipinski definition) is 1. The maximum atomic E-state index is 12.1. The van der Waals surface area contributed by atoms with Crippen molar-refractivity contribution in [2.45, 2.75) is 31.6 Å². The zero-order valence-corrected chi connectivity index (χ0v) is 16.5. The van der Waals surface area contributed by atoms with Crippen molar-refractivity contribution < 1.29 is 4.79 Å². The summed E-state index contributed by atoms with van der Waals surface area (Å²) in [5, 5.41) is 12.9. The number of benzene rings is 1. The molecule has 0 radical (unpaired) electrons. The van der Waals surface area contributed by atoms with Gasteiger partial charge in [0.1, 0.15) is 0 Å². The Hall–Kier alpha value is -2.38. The molecule has 0 atom stereocenters. The number of aromatic nitrogens is 4. The van der Waals surface area contributed by atoms with E-state index in [1.807, 2.05) is 41.0 Å². The van der Waals surface area contributed by atoms with Crippen LogP contribution >= 0.6 is 23.4 Å². The molecule has 27 heavy (non-hydrogen) atoms. The number of nitrogens with zero attached hydrogens (tertiary/aromatic N) is 4. The maximum Gasteiger partial charge on any atom is 0.221 e. The minimum atomic E-state index is -0.0145. The van der Waals surface area contributed by atoms with Gasteiger partial charge in [-0.2, -0.15) is 0 Å². The minimum Gasteiger partial charge on any atom is -0.352 e. The summed E-state index contributed by atoms with van der Waals surface area (Å²) in [6.45, 7) is 3.24. The number of hydrogen-bond acceptors (Lipinski definition) is 5. The molecule has 0 aliphatic carbocycles. The Bertz CT molecular complexity index is 900. The fourth-order valence-electron chi connectivity index (χ4n) is 2.55. The van der Waals surface area contributed by atoms with Gasteiger partial charge < -0.3 is 9.88 Å². The van der Waals surface area contributed by atoms with Crippen LogP contribution in [0.15, 0.2) is 53.9 Å². The molecule has 1 amide bonds. The second kappa shape index (κ2) is 9.53. The standard InChI is InChI=1S/C19H20ClN5OS/c1-2-25-18(14-7-10-21-11-8-14)23-24-19(25)27-12-9-17(26)22-13-15-5-3-4-6-16(15)20/h3-8,10-11H,2,9,12-13H2,1H3,(H,22,26). The van der Waals surface area contributed by atoms with E-state index in [-0.39, 0.29) is 5.91 Å². The van der Waals surface area contributed by atoms with Gasteiger partial charge in [-0.25, -0.2) is 0 Å². The minimum absolute atomic E-state index is 0.0145. The van der Waals surface area contributed by atoms with Crippen LogP contribution in [0.4, 0.5) is 0 Å². The van der Waals surface area contributed by atoms with Gasteiger partial charge in [-0.05, 0) is 30.7 Å². The molecule has 1 N–H and O–H groups in total. The third-order valence-electron chi connectivity index (χ3n) is 3.97. The number of pyridine rings is 1. The summed E-state index contributed by atoms with van der Waals surface area (Å²) in [4.78, 5) is 16.1. The predicted octanol–water partition coefficient (Wildman–Crippen LogP) is 3.81. The summed E-state index contributed by atoms with van der Waals surface area (Å²) >= 11 is 7.63. The largest absolute Gasteiger partial charge is 0.352 e. The predicted molar refractivity (Wildman–Crippen MR) is 108 cm³/mol. The van der Waals surface area contributed by atoms with Crippen LogP contribution in [0.2, 0.25) is 5.02 Å². The van der Waals surface area contributed by atoms with Gasteiger partial charge in [0.2, 0.25) is 5.91 Å². The molecule has 8 heteroatoms. The van der Waals surface area contributed by atoms with Gasteiger partial charge in [0.05, 0.1) is 0 Å². The fourth-order valence-corrected chi connectivity index (χ4v) is 3.70. The molecule has 3 rings (SSSR count). The van der Waals surface area contributed by atoms with Crippen molar-refractivity contribution in [1.82, 2.24) is 25.1 Å². The van der Waals surface area contributed by atoms with E-state index in [1.165, 1.54) is 11.8 Å². The molecule has 0 saturated carbocycles. The zero-order chi connectivity index (χ0) is 19.1. The smallest absolute Gasteiger partial charge is 0.221 e. The van der Waals surface area contributed by atoms with Gasteiger partial charge in [-0.3, -0.25) is 9.78 Å². The van der Waals surface area contributed by atoms with Crippen LogP contribution in [0, 0.1) is 0 Å². The lowest BCUT2D eigenvalue weighted by Crippen LogP contribution is -2.23. The van der Waals surface area contributed by atoms with Gasteiger partial charge >= 0.3 is 0 Å². The summed E-state index contributed by atoms with van der Waals surface area (Å²) in [6.07, 6.45) is 3.87. The maximum absolute atomic E-state index is 12.1. The van der Waals surface area contributed by atoms with Crippen LogP contribution in [0.5, 0.6) is 0 Å². The Morgan fingerprint density at radius 2 is 1.96 bits per heavy atom. The molecule has 0 spiro atoms. The highest BCUT2D eigenvalue weighted by Gasteiger charge is 2.13. The number of amides is 1. The molecule has 6 nitrogen and oxygen atoms in total. The van der Waals surface area contributed by atoms with Crippen LogP contribution in [-0.4, -0.2) is 31.4 Å². The van der Waals surface area contributed by atoms with E-state index in [0.29, 0.717) is 23.7 Å². The highest BCUT2D eigenvalue weighted by atomic mass is 35.5. The Kier molecular flexibility index (Phi) is 6.84. The second-order valence-electron chi connectivity index (χ2n) is 5.75. The third kappa shape index (κ3) is 5.08. The third-order valence-corrected chi connectivity index (χ3v) is 5.30. The fraction of sp³-hybridized carbons (Fsp3) is 0.263. The van der Waals surface area contributed by atoms with Gasteiger partial charge in [-0.15, -0.1) is 10.2 Å². The number of halogens is 1. The monoisotopic (exact) mass is 401 g/mol. The van der Waals surface area contributed by atoms with Crippen molar-refractivity contribution in [2.24, 2.45) is 0 Å². The van der Waals surface area contributed by atoms with Crippen molar-refractivity contribution in [3.05, 3.63) is 59.4 Å². The molecule has 2 aromatic heterocycles. The van der Waals surface area contributed by atoms with E-state index in [9.17, 15) is 4.79 Å².